The number of carboxylic acids is 1. The maximum Gasteiger partial charge on any atom is 0.322 e. The average molecular weight is 373 g/mol. The fourth-order valence-electron chi connectivity index (χ4n) is 2.24. The van der Waals surface area contributed by atoms with Crippen molar-refractivity contribution in [2.45, 2.75) is 51.6 Å². The van der Waals surface area contributed by atoms with Crippen LogP contribution in [-0.4, -0.2) is 60.5 Å². The smallest absolute Gasteiger partial charge is 0.322 e. The Morgan fingerprint density at radius 1 is 1.04 bits per heavy atom. The quantitative estimate of drug-likeness (QED) is 0.208. The second-order valence-electron chi connectivity index (χ2n) is 6.09. The molecule has 3 atom stereocenters. The number of carboxylic acid groups (broad SMARTS) is 1. The van der Waals surface area contributed by atoms with Crippen LogP contribution in [0.3, 0.4) is 0 Å². The molecule has 26 heavy (non-hydrogen) atoms. The number of nitrogens with one attached hydrogen (secondary N) is 3. The lowest BCUT2D eigenvalue weighted by molar-refractivity contribution is -0.138. The topological polar surface area (TPSA) is 177 Å². The summed E-state index contributed by atoms with van der Waals surface area (Å²) in [5.41, 5.74) is 10.7. The SMILES string of the molecule is CCC(C)C(NC(=O)CN)C(=O)NC(CCCCN)C(=O)NCC(=O)O. The Balaban J connectivity index is 5.08. The normalized spacial score (nSPS) is 14.0. The van der Waals surface area contributed by atoms with E-state index in [4.69, 9.17) is 16.6 Å². The van der Waals surface area contributed by atoms with Crippen LogP contribution in [0, 0.1) is 5.92 Å². The van der Waals surface area contributed by atoms with E-state index in [-0.39, 0.29) is 12.5 Å². The Labute approximate surface area is 153 Å². The third-order valence-electron chi connectivity index (χ3n) is 3.99. The van der Waals surface area contributed by atoms with Crippen LogP contribution < -0.4 is 27.4 Å². The van der Waals surface area contributed by atoms with Gasteiger partial charge in [-0.25, -0.2) is 0 Å². The van der Waals surface area contributed by atoms with Gasteiger partial charge in [0.25, 0.3) is 0 Å². The van der Waals surface area contributed by atoms with E-state index >= 15 is 0 Å². The zero-order valence-electron chi connectivity index (χ0n) is 15.4. The highest BCUT2D eigenvalue weighted by Gasteiger charge is 2.29. The second-order valence-corrected chi connectivity index (χ2v) is 6.09. The van der Waals surface area contributed by atoms with Crippen LogP contribution in [0.1, 0.15) is 39.5 Å². The largest absolute Gasteiger partial charge is 0.480 e. The first kappa shape index (κ1) is 23.8. The highest BCUT2D eigenvalue weighted by atomic mass is 16.4. The van der Waals surface area contributed by atoms with Crippen LogP contribution in [0.4, 0.5) is 0 Å². The van der Waals surface area contributed by atoms with Crippen molar-refractivity contribution in [2.24, 2.45) is 17.4 Å². The number of carbonyl (C=O) groups excluding carboxylic acids is 3. The highest BCUT2D eigenvalue weighted by molar-refractivity contribution is 5.93. The number of unbranched alkanes of at least 4 members (excludes halogenated alkanes) is 1. The molecule has 3 amide bonds. The summed E-state index contributed by atoms with van der Waals surface area (Å²) in [5.74, 6) is -2.92. The maximum atomic E-state index is 12.6. The van der Waals surface area contributed by atoms with Gasteiger partial charge in [-0.05, 0) is 31.7 Å². The molecule has 8 N–H and O–H groups in total. The summed E-state index contributed by atoms with van der Waals surface area (Å²) >= 11 is 0. The zero-order valence-corrected chi connectivity index (χ0v) is 15.4. The van der Waals surface area contributed by atoms with E-state index in [0.29, 0.717) is 32.2 Å². The second kappa shape index (κ2) is 13.1. The van der Waals surface area contributed by atoms with Crippen LogP contribution in [0.5, 0.6) is 0 Å². The number of aliphatic carboxylic acids is 1. The molecule has 0 aromatic carbocycles. The molecule has 150 valence electrons. The third-order valence-corrected chi connectivity index (χ3v) is 3.99. The van der Waals surface area contributed by atoms with Gasteiger partial charge in [-0.1, -0.05) is 20.3 Å². The summed E-state index contributed by atoms with van der Waals surface area (Å²) in [6.45, 7) is 3.33. The van der Waals surface area contributed by atoms with E-state index < -0.39 is 42.3 Å². The monoisotopic (exact) mass is 373 g/mol. The standard InChI is InChI=1S/C16H31N5O5/c1-3-10(2)14(21-12(22)8-18)16(26)20-11(6-4-5-7-17)15(25)19-9-13(23)24/h10-11,14H,3-9,17-18H2,1-2H3,(H,19,25)(H,20,26)(H,21,22)(H,23,24). The lowest BCUT2D eigenvalue weighted by Gasteiger charge is -2.26. The molecular formula is C16H31N5O5. The van der Waals surface area contributed by atoms with Crippen LogP contribution in [0.2, 0.25) is 0 Å². The van der Waals surface area contributed by atoms with Gasteiger partial charge in [0.1, 0.15) is 18.6 Å². The molecule has 0 aromatic heterocycles. The average Bonchev–Trinajstić information content (AvgIpc) is 2.62. The molecule has 0 bridgehead atoms. The minimum atomic E-state index is -1.18. The summed E-state index contributed by atoms with van der Waals surface area (Å²) in [7, 11) is 0. The molecule has 0 spiro atoms. The van der Waals surface area contributed by atoms with Crippen molar-refractivity contribution in [3.05, 3.63) is 0 Å². The van der Waals surface area contributed by atoms with Gasteiger partial charge >= 0.3 is 5.97 Å². The Hall–Kier alpha value is -2.20. The number of amides is 3. The van der Waals surface area contributed by atoms with Crippen LogP contribution in [0.25, 0.3) is 0 Å². The van der Waals surface area contributed by atoms with Crippen molar-refractivity contribution >= 4 is 23.7 Å². The predicted molar refractivity (Wildman–Crippen MR) is 95.9 cm³/mol. The van der Waals surface area contributed by atoms with Crippen molar-refractivity contribution in [3.63, 3.8) is 0 Å². The minimum Gasteiger partial charge on any atom is -0.480 e. The molecule has 0 heterocycles. The number of rotatable bonds is 13. The highest BCUT2D eigenvalue weighted by Crippen LogP contribution is 2.09. The lowest BCUT2D eigenvalue weighted by Crippen LogP contribution is -2.56. The Bertz CT molecular complexity index is 486. The summed E-state index contributed by atoms with van der Waals surface area (Å²) in [6, 6.07) is -1.74. The zero-order chi connectivity index (χ0) is 20.1. The van der Waals surface area contributed by atoms with Crippen molar-refractivity contribution in [1.29, 1.82) is 0 Å². The molecule has 0 fully saturated rings. The molecule has 0 radical (unpaired) electrons. The predicted octanol–water partition coefficient (Wildman–Crippen LogP) is -1.71. The molecule has 0 rings (SSSR count). The van der Waals surface area contributed by atoms with E-state index in [1.165, 1.54) is 0 Å². The van der Waals surface area contributed by atoms with Crippen molar-refractivity contribution in [2.75, 3.05) is 19.6 Å². The summed E-state index contributed by atoms with van der Waals surface area (Å²) in [4.78, 5) is 47.0. The number of hydrogen-bond acceptors (Lipinski definition) is 6. The summed E-state index contributed by atoms with van der Waals surface area (Å²) < 4.78 is 0. The van der Waals surface area contributed by atoms with Gasteiger partial charge in [-0.3, -0.25) is 19.2 Å². The van der Waals surface area contributed by atoms with E-state index in [9.17, 15) is 19.2 Å². The van der Waals surface area contributed by atoms with Crippen LogP contribution in [0.15, 0.2) is 0 Å². The minimum absolute atomic E-state index is 0.169. The van der Waals surface area contributed by atoms with Crippen molar-refractivity contribution in [3.8, 4) is 0 Å². The molecule has 10 heteroatoms. The van der Waals surface area contributed by atoms with Crippen LogP contribution >= 0.6 is 0 Å². The number of hydrogen-bond donors (Lipinski definition) is 6. The van der Waals surface area contributed by atoms with Crippen LogP contribution in [-0.2, 0) is 19.2 Å². The number of nitrogens with two attached hydrogens (primary N) is 2. The first-order valence-corrected chi connectivity index (χ1v) is 8.76. The Morgan fingerprint density at radius 3 is 2.19 bits per heavy atom. The van der Waals surface area contributed by atoms with E-state index in [1.54, 1.807) is 6.92 Å². The lowest BCUT2D eigenvalue weighted by atomic mass is 9.97. The summed E-state index contributed by atoms with van der Waals surface area (Å²) in [5, 5.41) is 16.1. The van der Waals surface area contributed by atoms with Gasteiger partial charge in [0, 0.05) is 0 Å². The molecule has 0 aromatic rings. The molecule has 0 saturated carbocycles. The fraction of sp³-hybridized carbons (Fsp3) is 0.750. The first-order valence-electron chi connectivity index (χ1n) is 8.76. The molecule has 3 unspecified atom stereocenters. The van der Waals surface area contributed by atoms with E-state index in [1.807, 2.05) is 6.92 Å². The molecule has 0 aliphatic carbocycles. The van der Waals surface area contributed by atoms with E-state index in [2.05, 4.69) is 16.0 Å². The van der Waals surface area contributed by atoms with E-state index in [0.717, 1.165) is 0 Å². The Morgan fingerprint density at radius 2 is 1.69 bits per heavy atom. The van der Waals surface area contributed by atoms with Gasteiger partial charge in [0.05, 0.1) is 6.54 Å². The van der Waals surface area contributed by atoms with Crippen molar-refractivity contribution in [1.82, 2.24) is 16.0 Å². The van der Waals surface area contributed by atoms with Gasteiger partial charge in [-0.15, -0.1) is 0 Å². The summed E-state index contributed by atoms with van der Waals surface area (Å²) in [6.07, 6.45) is 2.20. The third kappa shape index (κ3) is 9.33. The number of carbonyl (C=O) groups is 4. The maximum absolute atomic E-state index is 12.6. The molecule has 10 nitrogen and oxygen atoms in total. The van der Waals surface area contributed by atoms with Gasteiger partial charge < -0.3 is 32.5 Å². The Kier molecular flexibility index (Phi) is 12.0. The van der Waals surface area contributed by atoms with Gasteiger partial charge in [0.15, 0.2) is 0 Å². The first-order chi connectivity index (χ1) is 12.3. The molecular weight excluding hydrogens is 342 g/mol. The molecule has 0 saturated heterocycles. The van der Waals surface area contributed by atoms with Crippen molar-refractivity contribution < 1.29 is 24.3 Å². The van der Waals surface area contributed by atoms with Gasteiger partial charge in [-0.2, -0.15) is 0 Å². The molecule has 0 aliphatic rings. The molecule has 0 aliphatic heterocycles. The fourth-order valence-corrected chi connectivity index (χ4v) is 2.24. The van der Waals surface area contributed by atoms with Gasteiger partial charge in [0.2, 0.25) is 17.7 Å².